The highest BCUT2D eigenvalue weighted by molar-refractivity contribution is 5.28. The molecule has 1 fully saturated rings. The lowest BCUT2D eigenvalue weighted by Gasteiger charge is -2.28. The first-order chi connectivity index (χ1) is 8.80. The number of nitrogens with one attached hydrogen (secondary N) is 1. The van der Waals surface area contributed by atoms with E-state index in [9.17, 15) is 0 Å². The third kappa shape index (κ3) is 2.76. The summed E-state index contributed by atoms with van der Waals surface area (Å²) in [7, 11) is 0. The van der Waals surface area contributed by atoms with E-state index in [2.05, 4.69) is 43.5 Å². The van der Waals surface area contributed by atoms with E-state index in [1.807, 2.05) is 0 Å². The van der Waals surface area contributed by atoms with Crippen molar-refractivity contribution in [3.05, 3.63) is 35.4 Å². The van der Waals surface area contributed by atoms with Gasteiger partial charge in [-0.05, 0) is 35.8 Å². The molecule has 0 aliphatic heterocycles. The van der Waals surface area contributed by atoms with Gasteiger partial charge in [-0.3, -0.25) is 11.3 Å². The van der Waals surface area contributed by atoms with Crippen LogP contribution in [0.3, 0.4) is 0 Å². The van der Waals surface area contributed by atoms with Gasteiger partial charge in [-0.25, -0.2) is 0 Å². The molecule has 0 aromatic heterocycles. The van der Waals surface area contributed by atoms with E-state index in [4.69, 9.17) is 5.84 Å². The molecule has 0 spiro atoms. The van der Waals surface area contributed by atoms with Crippen LogP contribution < -0.4 is 11.3 Å². The fourth-order valence-corrected chi connectivity index (χ4v) is 2.98. The molecule has 0 radical (unpaired) electrons. The molecule has 2 nitrogen and oxygen atoms in total. The molecule has 0 amide bonds. The van der Waals surface area contributed by atoms with Crippen LogP contribution in [0.4, 0.5) is 0 Å². The molecule has 0 saturated heterocycles. The van der Waals surface area contributed by atoms with Crippen molar-refractivity contribution in [2.75, 3.05) is 0 Å². The predicted molar refractivity (Wildman–Crippen MR) is 77.2 cm³/mol. The van der Waals surface area contributed by atoms with Gasteiger partial charge in [-0.1, -0.05) is 57.4 Å². The fraction of sp³-hybridized carbons (Fsp3) is 0.625. The van der Waals surface area contributed by atoms with Gasteiger partial charge < -0.3 is 0 Å². The van der Waals surface area contributed by atoms with Crippen molar-refractivity contribution in [2.24, 2.45) is 11.8 Å². The number of hydrogen-bond acceptors (Lipinski definition) is 2. The Morgan fingerprint density at radius 2 is 1.78 bits per heavy atom. The Labute approximate surface area is 111 Å². The van der Waals surface area contributed by atoms with Gasteiger partial charge in [0.25, 0.3) is 0 Å². The summed E-state index contributed by atoms with van der Waals surface area (Å²) in [6.45, 7) is 4.47. The molecule has 1 aliphatic carbocycles. The van der Waals surface area contributed by atoms with Crippen LogP contribution in [0, 0.1) is 5.92 Å². The van der Waals surface area contributed by atoms with E-state index in [-0.39, 0.29) is 6.04 Å². The largest absolute Gasteiger partial charge is 0.271 e. The molecule has 0 bridgehead atoms. The van der Waals surface area contributed by atoms with Crippen LogP contribution >= 0.6 is 0 Å². The monoisotopic (exact) mass is 246 g/mol. The van der Waals surface area contributed by atoms with Crippen molar-refractivity contribution in [1.82, 2.24) is 5.43 Å². The van der Waals surface area contributed by atoms with E-state index in [0.29, 0.717) is 5.92 Å². The number of nitrogens with two attached hydrogens (primary N) is 1. The third-order valence-corrected chi connectivity index (χ3v) is 4.57. The van der Waals surface area contributed by atoms with Gasteiger partial charge >= 0.3 is 0 Å². The maximum Gasteiger partial charge on any atom is 0.0487 e. The van der Waals surface area contributed by atoms with Crippen LogP contribution in [0.25, 0.3) is 0 Å². The Kier molecular flexibility index (Phi) is 4.79. The fourth-order valence-electron chi connectivity index (χ4n) is 2.98. The summed E-state index contributed by atoms with van der Waals surface area (Å²) in [6, 6.07) is 9.40. The summed E-state index contributed by atoms with van der Waals surface area (Å²) in [5.41, 5.74) is 5.83. The Hall–Kier alpha value is -0.860. The van der Waals surface area contributed by atoms with Gasteiger partial charge in [0.05, 0.1) is 0 Å². The molecule has 0 heterocycles. The van der Waals surface area contributed by atoms with Crippen molar-refractivity contribution in [2.45, 2.75) is 57.9 Å². The Morgan fingerprint density at radius 3 is 2.17 bits per heavy atom. The van der Waals surface area contributed by atoms with Crippen LogP contribution in [0.2, 0.25) is 0 Å². The highest BCUT2D eigenvalue weighted by Crippen LogP contribution is 2.37. The molecule has 18 heavy (non-hydrogen) atoms. The molecule has 1 aromatic carbocycles. The normalized spacial score (nSPS) is 17.8. The molecule has 1 aliphatic rings. The van der Waals surface area contributed by atoms with Gasteiger partial charge in [-0.15, -0.1) is 0 Å². The topological polar surface area (TPSA) is 38.0 Å². The number of rotatable bonds is 6. The maximum atomic E-state index is 5.74. The van der Waals surface area contributed by atoms with Crippen LogP contribution in [0.1, 0.15) is 69.0 Å². The first-order valence-corrected chi connectivity index (χ1v) is 7.36. The highest BCUT2D eigenvalue weighted by Gasteiger charge is 2.21. The van der Waals surface area contributed by atoms with Crippen molar-refractivity contribution in [3.63, 3.8) is 0 Å². The average Bonchev–Trinajstić information content (AvgIpc) is 2.35. The molecule has 2 rings (SSSR count). The second-order valence-electron chi connectivity index (χ2n) is 5.52. The SMILES string of the molecule is CCC(CC)C(NN)c1ccc(C2CCC2)cc1. The summed E-state index contributed by atoms with van der Waals surface area (Å²) in [5, 5.41) is 0. The molecule has 3 N–H and O–H groups in total. The molecule has 1 unspecified atom stereocenters. The van der Waals surface area contributed by atoms with Crippen LogP contribution in [0.15, 0.2) is 24.3 Å². The number of benzene rings is 1. The highest BCUT2D eigenvalue weighted by atomic mass is 15.2. The van der Waals surface area contributed by atoms with Gasteiger partial charge in [0.1, 0.15) is 0 Å². The van der Waals surface area contributed by atoms with Gasteiger partial charge in [-0.2, -0.15) is 0 Å². The van der Waals surface area contributed by atoms with E-state index < -0.39 is 0 Å². The maximum absolute atomic E-state index is 5.74. The molecule has 100 valence electrons. The van der Waals surface area contributed by atoms with Crippen LogP contribution in [-0.2, 0) is 0 Å². The van der Waals surface area contributed by atoms with Gasteiger partial charge in [0.15, 0.2) is 0 Å². The zero-order valence-corrected chi connectivity index (χ0v) is 11.7. The molecular weight excluding hydrogens is 220 g/mol. The summed E-state index contributed by atoms with van der Waals surface area (Å²) >= 11 is 0. The van der Waals surface area contributed by atoms with E-state index in [1.165, 1.54) is 30.4 Å². The standard InChI is InChI=1S/C16H26N2/c1-3-12(4-2)16(18-17)15-10-8-14(9-11-15)13-6-5-7-13/h8-13,16,18H,3-7,17H2,1-2H3. The van der Waals surface area contributed by atoms with Crippen molar-refractivity contribution < 1.29 is 0 Å². The molecular formula is C16H26N2. The molecule has 2 heteroatoms. The van der Waals surface area contributed by atoms with Crippen LogP contribution in [-0.4, -0.2) is 0 Å². The first kappa shape index (κ1) is 13.6. The number of hydrazine groups is 1. The molecule has 1 saturated carbocycles. The lowest BCUT2D eigenvalue weighted by molar-refractivity contribution is 0.345. The minimum atomic E-state index is 0.287. The Balaban J connectivity index is 2.10. The molecule has 1 aromatic rings. The first-order valence-electron chi connectivity index (χ1n) is 7.36. The minimum absolute atomic E-state index is 0.287. The quantitative estimate of drug-likeness (QED) is 0.590. The van der Waals surface area contributed by atoms with Gasteiger partial charge in [0, 0.05) is 6.04 Å². The lowest BCUT2D eigenvalue weighted by Crippen LogP contribution is -2.33. The third-order valence-electron chi connectivity index (χ3n) is 4.57. The zero-order chi connectivity index (χ0) is 13.0. The smallest absolute Gasteiger partial charge is 0.0487 e. The lowest BCUT2D eigenvalue weighted by atomic mass is 9.79. The number of hydrogen-bond donors (Lipinski definition) is 2. The van der Waals surface area contributed by atoms with Crippen molar-refractivity contribution >= 4 is 0 Å². The summed E-state index contributed by atoms with van der Waals surface area (Å²) < 4.78 is 0. The Bertz CT molecular complexity index is 350. The van der Waals surface area contributed by atoms with E-state index in [1.54, 1.807) is 0 Å². The minimum Gasteiger partial charge on any atom is -0.271 e. The van der Waals surface area contributed by atoms with Gasteiger partial charge in [0.2, 0.25) is 0 Å². The average molecular weight is 246 g/mol. The summed E-state index contributed by atoms with van der Waals surface area (Å²) in [6.07, 6.45) is 6.45. The summed E-state index contributed by atoms with van der Waals surface area (Å²) in [5.74, 6) is 7.17. The van der Waals surface area contributed by atoms with E-state index >= 15 is 0 Å². The van der Waals surface area contributed by atoms with Crippen LogP contribution in [0.5, 0.6) is 0 Å². The van der Waals surface area contributed by atoms with Crippen molar-refractivity contribution in [1.29, 1.82) is 0 Å². The molecule has 1 atom stereocenters. The van der Waals surface area contributed by atoms with E-state index in [0.717, 1.165) is 18.8 Å². The predicted octanol–water partition coefficient (Wildman–Crippen LogP) is 3.89. The summed E-state index contributed by atoms with van der Waals surface area (Å²) in [4.78, 5) is 0. The second kappa shape index (κ2) is 6.35. The second-order valence-corrected chi connectivity index (χ2v) is 5.52. The Morgan fingerprint density at radius 1 is 1.17 bits per heavy atom. The van der Waals surface area contributed by atoms with Crippen molar-refractivity contribution in [3.8, 4) is 0 Å². The zero-order valence-electron chi connectivity index (χ0n) is 11.7.